The van der Waals surface area contributed by atoms with Gasteiger partial charge in [-0.15, -0.1) is 0 Å². The number of carbonyl (C=O) groups is 2. The molecule has 0 unspecified atom stereocenters. The van der Waals surface area contributed by atoms with Crippen molar-refractivity contribution in [3.63, 3.8) is 0 Å². The van der Waals surface area contributed by atoms with Crippen LogP contribution in [0.3, 0.4) is 0 Å². The molecule has 0 fully saturated rings. The van der Waals surface area contributed by atoms with Crippen LogP contribution in [-0.2, 0) is 11.3 Å². The Balaban J connectivity index is 1.90. The fourth-order valence-electron chi connectivity index (χ4n) is 2.53. The molecule has 0 aliphatic heterocycles. The van der Waals surface area contributed by atoms with E-state index in [0.717, 1.165) is 42.5 Å². The Morgan fingerprint density at radius 1 is 0.885 bits per heavy atom. The highest BCUT2D eigenvalue weighted by molar-refractivity contribution is 5.94. The van der Waals surface area contributed by atoms with Gasteiger partial charge in [-0.1, -0.05) is 56.2 Å². The lowest BCUT2D eigenvalue weighted by atomic mass is 10.0. The number of nitrogens with one attached hydrogen (secondary N) is 3. The lowest BCUT2D eigenvalue weighted by Gasteiger charge is -2.08. The van der Waals surface area contributed by atoms with Crippen LogP contribution in [0.4, 0.5) is 0 Å². The molecule has 0 aliphatic rings. The first-order valence-electron chi connectivity index (χ1n) is 9.07. The van der Waals surface area contributed by atoms with Crippen LogP contribution in [0.25, 0.3) is 11.1 Å². The summed E-state index contributed by atoms with van der Waals surface area (Å²) in [6.45, 7) is 4.96. The van der Waals surface area contributed by atoms with E-state index in [1.807, 2.05) is 48.5 Å². The molecule has 138 valence electrons. The quantitative estimate of drug-likeness (QED) is 0.478. The summed E-state index contributed by atoms with van der Waals surface area (Å²) in [7, 11) is 0. The third kappa shape index (κ3) is 6.33. The van der Waals surface area contributed by atoms with E-state index < -0.39 is 0 Å². The highest BCUT2D eigenvalue weighted by Gasteiger charge is 2.05. The standard InChI is InChI=1S/C21H27N3O2/c1-3-4-5-14-23-24-21(26)20-12-10-19(11-13-20)18-8-6-17(7-9-18)15-22-16(2)25/h6-13,23H,3-5,14-15H2,1-2H3,(H,22,25)(H,24,26). The summed E-state index contributed by atoms with van der Waals surface area (Å²) in [6.07, 6.45) is 3.36. The second kappa shape index (κ2) is 10.4. The van der Waals surface area contributed by atoms with Crippen LogP contribution >= 0.6 is 0 Å². The topological polar surface area (TPSA) is 70.2 Å². The highest BCUT2D eigenvalue weighted by atomic mass is 16.2. The summed E-state index contributed by atoms with van der Waals surface area (Å²) in [5.41, 5.74) is 9.48. The van der Waals surface area contributed by atoms with Crippen molar-refractivity contribution in [2.45, 2.75) is 39.7 Å². The molecule has 0 aliphatic carbocycles. The van der Waals surface area contributed by atoms with Crippen LogP contribution in [0.5, 0.6) is 0 Å². The highest BCUT2D eigenvalue weighted by Crippen LogP contribution is 2.20. The van der Waals surface area contributed by atoms with E-state index in [2.05, 4.69) is 23.1 Å². The first-order chi connectivity index (χ1) is 12.6. The van der Waals surface area contributed by atoms with Gasteiger partial charge in [-0.2, -0.15) is 0 Å². The summed E-state index contributed by atoms with van der Waals surface area (Å²) in [5, 5.41) is 2.78. The predicted molar refractivity (Wildman–Crippen MR) is 104 cm³/mol. The molecule has 5 heteroatoms. The second-order valence-electron chi connectivity index (χ2n) is 6.27. The molecule has 3 N–H and O–H groups in total. The molecule has 2 rings (SSSR count). The second-order valence-corrected chi connectivity index (χ2v) is 6.27. The van der Waals surface area contributed by atoms with Crippen LogP contribution in [0.15, 0.2) is 48.5 Å². The smallest absolute Gasteiger partial charge is 0.265 e. The van der Waals surface area contributed by atoms with Gasteiger partial charge in [-0.05, 0) is 35.2 Å². The molecule has 0 saturated carbocycles. The number of hydrazine groups is 1. The molecule has 0 saturated heterocycles. The van der Waals surface area contributed by atoms with Crippen molar-refractivity contribution in [3.8, 4) is 11.1 Å². The van der Waals surface area contributed by atoms with E-state index in [-0.39, 0.29) is 11.8 Å². The third-order valence-electron chi connectivity index (χ3n) is 4.08. The van der Waals surface area contributed by atoms with Crippen molar-refractivity contribution in [3.05, 3.63) is 59.7 Å². The van der Waals surface area contributed by atoms with Crippen LogP contribution in [0.2, 0.25) is 0 Å². The fourth-order valence-corrected chi connectivity index (χ4v) is 2.53. The molecule has 0 atom stereocenters. The summed E-state index contributed by atoms with van der Waals surface area (Å²) in [4.78, 5) is 23.0. The maximum atomic E-state index is 12.1. The SMILES string of the molecule is CCCCCNNC(=O)c1ccc(-c2ccc(CNC(C)=O)cc2)cc1. The van der Waals surface area contributed by atoms with E-state index in [1.165, 1.54) is 6.92 Å². The Hall–Kier alpha value is -2.66. The molecule has 0 aromatic heterocycles. The zero-order chi connectivity index (χ0) is 18.8. The Bertz CT molecular complexity index is 709. The van der Waals surface area contributed by atoms with Gasteiger partial charge in [-0.25, -0.2) is 5.43 Å². The van der Waals surface area contributed by atoms with Gasteiger partial charge in [0.1, 0.15) is 0 Å². The van der Waals surface area contributed by atoms with Crippen molar-refractivity contribution in [2.24, 2.45) is 0 Å². The molecule has 2 amide bonds. The average molecular weight is 353 g/mol. The molecule has 0 spiro atoms. The predicted octanol–water partition coefficient (Wildman–Crippen LogP) is 3.41. The van der Waals surface area contributed by atoms with Crippen LogP contribution in [-0.4, -0.2) is 18.4 Å². The zero-order valence-electron chi connectivity index (χ0n) is 15.5. The van der Waals surface area contributed by atoms with Gasteiger partial charge >= 0.3 is 0 Å². The van der Waals surface area contributed by atoms with Gasteiger partial charge in [0.15, 0.2) is 0 Å². The van der Waals surface area contributed by atoms with Crippen molar-refractivity contribution in [1.82, 2.24) is 16.2 Å². The lowest BCUT2D eigenvalue weighted by molar-refractivity contribution is -0.119. The minimum atomic E-state index is -0.126. The number of rotatable bonds is 9. The maximum Gasteiger partial charge on any atom is 0.265 e. The number of hydrogen-bond acceptors (Lipinski definition) is 3. The molecule has 26 heavy (non-hydrogen) atoms. The minimum absolute atomic E-state index is 0.0391. The van der Waals surface area contributed by atoms with Crippen molar-refractivity contribution in [2.75, 3.05) is 6.54 Å². The maximum absolute atomic E-state index is 12.1. The largest absolute Gasteiger partial charge is 0.352 e. The molecule has 2 aromatic rings. The number of amides is 2. The van der Waals surface area contributed by atoms with E-state index >= 15 is 0 Å². The lowest BCUT2D eigenvalue weighted by Crippen LogP contribution is -2.37. The third-order valence-corrected chi connectivity index (χ3v) is 4.08. The minimum Gasteiger partial charge on any atom is -0.352 e. The Kier molecular flexibility index (Phi) is 7.83. The van der Waals surface area contributed by atoms with Crippen LogP contribution < -0.4 is 16.2 Å². The van der Waals surface area contributed by atoms with Gasteiger partial charge in [0, 0.05) is 25.6 Å². The zero-order valence-corrected chi connectivity index (χ0v) is 15.5. The first-order valence-corrected chi connectivity index (χ1v) is 9.07. The van der Waals surface area contributed by atoms with Gasteiger partial charge in [-0.3, -0.25) is 15.0 Å². The number of carbonyl (C=O) groups excluding carboxylic acids is 2. The number of unbranched alkanes of at least 4 members (excludes halogenated alkanes) is 2. The number of benzene rings is 2. The van der Waals surface area contributed by atoms with Crippen molar-refractivity contribution >= 4 is 11.8 Å². The Labute approximate surface area is 155 Å². The van der Waals surface area contributed by atoms with Gasteiger partial charge in [0.05, 0.1) is 0 Å². The first kappa shape index (κ1) is 19.7. The normalized spacial score (nSPS) is 10.4. The Morgan fingerprint density at radius 2 is 1.50 bits per heavy atom. The van der Waals surface area contributed by atoms with E-state index in [9.17, 15) is 9.59 Å². The molecule has 2 aromatic carbocycles. The fraction of sp³-hybridized carbons (Fsp3) is 0.333. The van der Waals surface area contributed by atoms with E-state index in [1.54, 1.807) is 0 Å². The molecular weight excluding hydrogens is 326 g/mol. The monoisotopic (exact) mass is 353 g/mol. The average Bonchev–Trinajstić information content (AvgIpc) is 2.66. The van der Waals surface area contributed by atoms with Crippen LogP contribution in [0, 0.1) is 0 Å². The van der Waals surface area contributed by atoms with Gasteiger partial charge in [0.25, 0.3) is 5.91 Å². The summed E-state index contributed by atoms with van der Waals surface area (Å²) < 4.78 is 0. The van der Waals surface area contributed by atoms with Crippen molar-refractivity contribution < 1.29 is 9.59 Å². The molecule has 5 nitrogen and oxygen atoms in total. The van der Waals surface area contributed by atoms with Gasteiger partial charge in [0.2, 0.25) is 5.91 Å². The Morgan fingerprint density at radius 3 is 2.08 bits per heavy atom. The molecule has 0 radical (unpaired) electrons. The van der Waals surface area contributed by atoms with E-state index in [0.29, 0.717) is 12.1 Å². The molecule has 0 heterocycles. The summed E-state index contributed by atoms with van der Waals surface area (Å²) in [6, 6.07) is 15.5. The van der Waals surface area contributed by atoms with Crippen molar-refractivity contribution in [1.29, 1.82) is 0 Å². The molecular formula is C21H27N3O2. The summed E-state index contributed by atoms with van der Waals surface area (Å²) >= 11 is 0. The summed E-state index contributed by atoms with van der Waals surface area (Å²) in [5.74, 6) is -0.165. The van der Waals surface area contributed by atoms with E-state index in [4.69, 9.17) is 0 Å². The molecule has 0 bridgehead atoms. The number of hydrogen-bond donors (Lipinski definition) is 3. The van der Waals surface area contributed by atoms with Crippen LogP contribution in [0.1, 0.15) is 49.0 Å². The van der Waals surface area contributed by atoms with Gasteiger partial charge < -0.3 is 5.32 Å².